The van der Waals surface area contributed by atoms with Gasteiger partial charge in [0.05, 0.1) is 5.56 Å². The second-order valence-corrected chi connectivity index (χ2v) is 5.27. The van der Waals surface area contributed by atoms with Gasteiger partial charge in [-0.25, -0.2) is 9.97 Å². The molecule has 2 aromatic heterocycles. The van der Waals surface area contributed by atoms with Crippen molar-refractivity contribution in [1.82, 2.24) is 9.97 Å². The predicted octanol–water partition coefficient (Wildman–Crippen LogP) is 3.74. The van der Waals surface area contributed by atoms with E-state index in [1.807, 2.05) is 42.5 Å². The van der Waals surface area contributed by atoms with E-state index in [2.05, 4.69) is 27.1 Å². The van der Waals surface area contributed by atoms with Crippen molar-refractivity contribution < 1.29 is 9.84 Å². The van der Waals surface area contributed by atoms with Crippen LogP contribution in [0.25, 0.3) is 0 Å². The first-order chi connectivity index (χ1) is 12.2. The standard InChI is InChI=1S/C20H17N3O2/c1-15(24)7-8-16-5-4-14-22-20(16)25-18-11-9-17(10-12-18)23-19-6-2-3-13-21-19/h2-6,9-15,24H,1H3,(H,21,23)/t15-/m0/s1. The molecule has 0 aliphatic heterocycles. The molecule has 25 heavy (non-hydrogen) atoms. The molecule has 0 aliphatic rings. The number of ether oxygens (including phenoxy) is 1. The van der Waals surface area contributed by atoms with Gasteiger partial charge < -0.3 is 15.2 Å². The lowest BCUT2D eigenvalue weighted by Crippen LogP contribution is -1.95. The Morgan fingerprint density at radius 1 is 1.00 bits per heavy atom. The van der Waals surface area contributed by atoms with Gasteiger partial charge >= 0.3 is 0 Å². The molecule has 0 saturated carbocycles. The summed E-state index contributed by atoms with van der Waals surface area (Å²) in [5.41, 5.74) is 1.53. The van der Waals surface area contributed by atoms with Crippen LogP contribution in [0.3, 0.4) is 0 Å². The molecule has 0 fully saturated rings. The molecule has 3 rings (SSSR count). The van der Waals surface area contributed by atoms with Crippen molar-refractivity contribution in [1.29, 1.82) is 0 Å². The summed E-state index contributed by atoms with van der Waals surface area (Å²) < 4.78 is 5.81. The number of nitrogens with one attached hydrogen (secondary N) is 1. The first-order valence-corrected chi connectivity index (χ1v) is 7.81. The number of aromatic nitrogens is 2. The molecule has 0 amide bonds. The molecule has 0 saturated heterocycles. The first-order valence-electron chi connectivity index (χ1n) is 7.81. The second-order valence-electron chi connectivity index (χ2n) is 5.27. The minimum Gasteiger partial charge on any atom is -0.438 e. The highest BCUT2D eigenvalue weighted by molar-refractivity contribution is 5.57. The average Bonchev–Trinajstić information content (AvgIpc) is 2.63. The summed E-state index contributed by atoms with van der Waals surface area (Å²) in [7, 11) is 0. The van der Waals surface area contributed by atoms with Gasteiger partial charge in [-0.05, 0) is 55.5 Å². The highest BCUT2D eigenvalue weighted by Crippen LogP contribution is 2.24. The van der Waals surface area contributed by atoms with Gasteiger partial charge in [-0.15, -0.1) is 0 Å². The molecule has 0 unspecified atom stereocenters. The smallest absolute Gasteiger partial charge is 0.235 e. The van der Waals surface area contributed by atoms with E-state index in [9.17, 15) is 5.11 Å². The molecule has 3 aromatic rings. The molecule has 5 nitrogen and oxygen atoms in total. The minimum absolute atomic E-state index is 0.404. The number of aliphatic hydroxyl groups excluding tert-OH is 1. The van der Waals surface area contributed by atoms with Crippen LogP contribution in [0.2, 0.25) is 0 Å². The van der Waals surface area contributed by atoms with Crippen LogP contribution in [0.15, 0.2) is 67.0 Å². The minimum atomic E-state index is -0.704. The van der Waals surface area contributed by atoms with Crippen LogP contribution in [0, 0.1) is 11.8 Å². The molecule has 124 valence electrons. The quantitative estimate of drug-likeness (QED) is 0.713. The molecule has 0 bridgehead atoms. The number of aliphatic hydroxyl groups is 1. The van der Waals surface area contributed by atoms with Crippen molar-refractivity contribution in [3.05, 3.63) is 72.6 Å². The third-order valence-corrected chi connectivity index (χ3v) is 3.19. The lowest BCUT2D eigenvalue weighted by molar-refractivity contribution is 0.253. The van der Waals surface area contributed by atoms with Crippen LogP contribution >= 0.6 is 0 Å². The summed E-state index contributed by atoms with van der Waals surface area (Å²) in [6.45, 7) is 1.61. The lowest BCUT2D eigenvalue weighted by atomic mass is 10.2. The van der Waals surface area contributed by atoms with Crippen LogP contribution in [0.5, 0.6) is 11.6 Å². The summed E-state index contributed by atoms with van der Waals surface area (Å²) in [6.07, 6.45) is 2.67. The normalized spacial score (nSPS) is 11.1. The van der Waals surface area contributed by atoms with Gasteiger partial charge in [0.1, 0.15) is 17.7 Å². The van der Waals surface area contributed by atoms with E-state index in [1.165, 1.54) is 0 Å². The zero-order valence-electron chi connectivity index (χ0n) is 13.7. The fraction of sp³-hybridized carbons (Fsp3) is 0.100. The summed E-state index contributed by atoms with van der Waals surface area (Å²) >= 11 is 0. The van der Waals surface area contributed by atoms with Crippen LogP contribution in [-0.2, 0) is 0 Å². The van der Waals surface area contributed by atoms with Crippen molar-refractivity contribution in [2.75, 3.05) is 5.32 Å². The maximum absolute atomic E-state index is 9.30. The number of rotatable bonds is 4. The molecule has 1 aromatic carbocycles. The number of hydrogen-bond donors (Lipinski definition) is 2. The topological polar surface area (TPSA) is 67.3 Å². The molecular weight excluding hydrogens is 314 g/mol. The van der Waals surface area contributed by atoms with Gasteiger partial charge in [0.25, 0.3) is 0 Å². The highest BCUT2D eigenvalue weighted by Gasteiger charge is 2.05. The third-order valence-electron chi connectivity index (χ3n) is 3.19. The number of pyridine rings is 2. The van der Waals surface area contributed by atoms with E-state index < -0.39 is 6.10 Å². The van der Waals surface area contributed by atoms with Crippen LogP contribution in [-0.4, -0.2) is 21.2 Å². The maximum Gasteiger partial charge on any atom is 0.235 e. The van der Waals surface area contributed by atoms with E-state index in [0.29, 0.717) is 17.2 Å². The van der Waals surface area contributed by atoms with Gasteiger partial charge in [-0.3, -0.25) is 0 Å². The Balaban J connectivity index is 1.73. The third kappa shape index (κ3) is 4.80. The Morgan fingerprint density at radius 3 is 2.52 bits per heavy atom. The number of benzene rings is 1. The van der Waals surface area contributed by atoms with Gasteiger partial charge in [0.15, 0.2) is 0 Å². The molecular formula is C20H17N3O2. The van der Waals surface area contributed by atoms with Gasteiger partial charge in [0, 0.05) is 18.1 Å². The Labute approximate surface area is 146 Å². The monoisotopic (exact) mass is 331 g/mol. The largest absolute Gasteiger partial charge is 0.438 e. The van der Waals surface area contributed by atoms with E-state index >= 15 is 0 Å². The van der Waals surface area contributed by atoms with Gasteiger partial charge in [-0.2, -0.15) is 0 Å². The molecule has 0 spiro atoms. The number of hydrogen-bond acceptors (Lipinski definition) is 5. The zero-order chi connectivity index (χ0) is 17.5. The predicted molar refractivity (Wildman–Crippen MR) is 96.8 cm³/mol. The molecule has 2 heterocycles. The molecule has 1 atom stereocenters. The number of anilines is 2. The summed E-state index contributed by atoms with van der Waals surface area (Å²) in [5.74, 6) is 7.38. The highest BCUT2D eigenvalue weighted by atomic mass is 16.5. The molecule has 2 N–H and O–H groups in total. The summed E-state index contributed by atoms with van der Waals surface area (Å²) in [5, 5.41) is 12.5. The summed E-state index contributed by atoms with van der Waals surface area (Å²) in [6, 6.07) is 16.7. The first kappa shape index (κ1) is 16.5. The van der Waals surface area contributed by atoms with Gasteiger partial charge in [-0.1, -0.05) is 17.9 Å². The van der Waals surface area contributed by atoms with Crippen molar-refractivity contribution in [2.24, 2.45) is 0 Å². The molecule has 5 heteroatoms. The fourth-order valence-electron chi connectivity index (χ4n) is 2.05. The molecule has 0 aliphatic carbocycles. The SMILES string of the molecule is C[C@H](O)C#Cc1cccnc1Oc1ccc(Nc2ccccn2)cc1. The Morgan fingerprint density at radius 2 is 1.80 bits per heavy atom. The van der Waals surface area contributed by atoms with Crippen LogP contribution in [0.1, 0.15) is 12.5 Å². The van der Waals surface area contributed by atoms with Crippen molar-refractivity contribution in [2.45, 2.75) is 13.0 Å². The average molecular weight is 331 g/mol. The van der Waals surface area contributed by atoms with Crippen molar-refractivity contribution in [3.63, 3.8) is 0 Å². The van der Waals surface area contributed by atoms with E-state index in [1.54, 1.807) is 31.5 Å². The molecule has 0 radical (unpaired) electrons. The Hall–Kier alpha value is -3.36. The van der Waals surface area contributed by atoms with E-state index in [4.69, 9.17) is 4.74 Å². The lowest BCUT2D eigenvalue weighted by Gasteiger charge is -2.08. The Bertz CT molecular complexity index is 882. The zero-order valence-corrected chi connectivity index (χ0v) is 13.7. The van der Waals surface area contributed by atoms with Crippen LogP contribution in [0.4, 0.5) is 11.5 Å². The Kier molecular flexibility index (Phi) is 5.25. The van der Waals surface area contributed by atoms with E-state index in [0.717, 1.165) is 11.5 Å². The van der Waals surface area contributed by atoms with Crippen molar-refractivity contribution in [3.8, 4) is 23.5 Å². The van der Waals surface area contributed by atoms with Gasteiger partial charge in [0.2, 0.25) is 5.88 Å². The van der Waals surface area contributed by atoms with Crippen molar-refractivity contribution >= 4 is 11.5 Å². The van der Waals surface area contributed by atoms with E-state index in [-0.39, 0.29) is 0 Å². The number of nitrogens with zero attached hydrogens (tertiary/aromatic N) is 2. The second kappa shape index (κ2) is 7.95. The fourth-order valence-corrected chi connectivity index (χ4v) is 2.05. The maximum atomic E-state index is 9.30. The summed E-state index contributed by atoms with van der Waals surface area (Å²) in [4.78, 5) is 8.43. The van der Waals surface area contributed by atoms with Crippen LogP contribution < -0.4 is 10.1 Å².